The fourth-order valence-corrected chi connectivity index (χ4v) is 10.2. The third kappa shape index (κ3) is 8.52. The number of aliphatic hydroxyl groups is 1. The Balaban J connectivity index is 1.62. The van der Waals surface area contributed by atoms with E-state index in [2.05, 4.69) is 90.3 Å². The zero-order valence-corrected chi connectivity index (χ0v) is 35.7. The summed E-state index contributed by atoms with van der Waals surface area (Å²) in [6, 6.07) is 36.0. The molecule has 8 nitrogen and oxygen atoms in total. The van der Waals surface area contributed by atoms with E-state index in [9.17, 15) is 9.90 Å². The van der Waals surface area contributed by atoms with Crippen molar-refractivity contribution in [1.29, 1.82) is 0 Å². The van der Waals surface area contributed by atoms with Gasteiger partial charge >= 0.3 is 0 Å². The van der Waals surface area contributed by atoms with Crippen LogP contribution in [0.4, 0.5) is 5.69 Å². The van der Waals surface area contributed by atoms with Crippen molar-refractivity contribution in [3.05, 3.63) is 131 Å². The molecule has 1 N–H and O–H groups in total. The molecule has 2 aliphatic heterocycles. The van der Waals surface area contributed by atoms with E-state index in [1.807, 2.05) is 62.6 Å². The number of rotatable bonds is 16. The first-order valence-electron chi connectivity index (χ1n) is 20.3. The number of ketones is 2. The Hall–Kier alpha value is -3.83. The summed E-state index contributed by atoms with van der Waals surface area (Å²) in [4.78, 5) is 38.6. The van der Waals surface area contributed by atoms with Gasteiger partial charge in [0.1, 0.15) is 5.60 Å². The molecule has 0 aliphatic carbocycles. The highest BCUT2D eigenvalue weighted by Gasteiger charge is 2.63. The molecular weight excluding hydrogens is 731 g/mol. The third-order valence-corrected chi connectivity index (χ3v) is 13.9. The van der Waals surface area contributed by atoms with Gasteiger partial charge in [-0.05, 0) is 107 Å². The lowest BCUT2D eigenvalue weighted by Gasteiger charge is -2.62. The first-order valence-corrected chi connectivity index (χ1v) is 21.5. The highest BCUT2D eigenvalue weighted by atomic mass is 32.2. The first kappa shape index (κ1) is 42.8. The standard InChI is InChI=1S/C48H61N3O5S/c1-36(48(49(5)6,34-37-14-10-8-11-15-37)44(53)39-18-22-41(23-19-39)50-26-30-55-31-27-50)47(40-20-24-42(57-7)25-21-40,45(2,3)51-28-32-56-33-29-51)35-46(4,54)43(52)38-16-12-9-13-17-38/h8-25,36,54H,26-35H2,1-7H3. The molecule has 0 saturated carbocycles. The normalized spacial score (nSPS) is 19.3. The molecule has 2 aliphatic rings. The molecule has 57 heavy (non-hydrogen) atoms. The molecule has 2 heterocycles. The first-order chi connectivity index (χ1) is 27.3. The van der Waals surface area contributed by atoms with Crippen LogP contribution in [0.1, 0.15) is 66.0 Å². The molecular formula is C48H61N3O5S. The van der Waals surface area contributed by atoms with Gasteiger partial charge in [-0.15, -0.1) is 11.8 Å². The monoisotopic (exact) mass is 791 g/mol. The second-order valence-electron chi connectivity index (χ2n) is 16.7. The van der Waals surface area contributed by atoms with E-state index in [1.165, 1.54) is 0 Å². The summed E-state index contributed by atoms with van der Waals surface area (Å²) in [7, 11) is 4.02. The molecule has 0 bridgehead atoms. The maximum Gasteiger partial charge on any atom is 0.194 e. The number of Topliss-reactive ketones (excluding diaryl/α,β-unsaturated/α-hetero) is 2. The van der Waals surface area contributed by atoms with E-state index < -0.39 is 28.0 Å². The molecule has 0 amide bonds. The topological polar surface area (TPSA) is 82.5 Å². The predicted octanol–water partition coefficient (Wildman–Crippen LogP) is 7.68. The lowest BCUT2D eigenvalue weighted by atomic mass is 9.49. The van der Waals surface area contributed by atoms with Crippen molar-refractivity contribution in [1.82, 2.24) is 9.80 Å². The van der Waals surface area contributed by atoms with Crippen LogP contribution in [0, 0.1) is 5.92 Å². The summed E-state index contributed by atoms with van der Waals surface area (Å²) in [5.41, 5.74) is -0.556. The maximum absolute atomic E-state index is 16.0. The summed E-state index contributed by atoms with van der Waals surface area (Å²) >= 11 is 1.67. The smallest absolute Gasteiger partial charge is 0.194 e. The summed E-state index contributed by atoms with van der Waals surface area (Å²) < 4.78 is 11.5. The Morgan fingerprint density at radius 2 is 1.26 bits per heavy atom. The Morgan fingerprint density at radius 1 is 0.737 bits per heavy atom. The molecule has 0 aromatic heterocycles. The van der Waals surface area contributed by atoms with Crippen LogP contribution >= 0.6 is 11.8 Å². The Kier molecular flexibility index (Phi) is 13.5. The SMILES string of the molecule is CSc1ccc(C(CC(C)(O)C(=O)c2ccccc2)(C(C)C(Cc2ccccc2)(C(=O)c2ccc(N3CCOCC3)cc2)N(C)C)C(C)(C)N2CCOCC2)cc1. The maximum atomic E-state index is 16.0. The van der Waals surface area contributed by atoms with Crippen molar-refractivity contribution in [3.63, 3.8) is 0 Å². The van der Waals surface area contributed by atoms with Crippen molar-refractivity contribution in [3.8, 4) is 0 Å². The van der Waals surface area contributed by atoms with Gasteiger partial charge in [-0.2, -0.15) is 0 Å². The summed E-state index contributed by atoms with van der Waals surface area (Å²) in [6.45, 7) is 13.8. The lowest BCUT2D eigenvalue weighted by Crippen LogP contribution is -2.72. The van der Waals surface area contributed by atoms with E-state index in [-0.39, 0.29) is 18.0 Å². The van der Waals surface area contributed by atoms with Crippen LogP contribution in [-0.2, 0) is 21.3 Å². The molecule has 2 saturated heterocycles. The zero-order valence-electron chi connectivity index (χ0n) is 34.9. The number of ether oxygens (including phenoxy) is 2. The van der Waals surface area contributed by atoms with Crippen molar-refractivity contribution >= 4 is 29.0 Å². The third-order valence-electron chi connectivity index (χ3n) is 13.1. The molecule has 304 valence electrons. The Morgan fingerprint density at radius 3 is 1.81 bits per heavy atom. The minimum absolute atomic E-state index is 0.00528. The molecule has 4 aromatic rings. The van der Waals surface area contributed by atoms with Crippen molar-refractivity contribution in [2.45, 2.75) is 67.5 Å². The molecule has 4 aromatic carbocycles. The number of hydrogen-bond donors (Lipinski definition) is 1. The molecule has 0 radical (unpaired) electrons. The fraction of sp³-hybridized carbons (Fsp3) is 0.458. The van der Waals surface area contributed by atoms with Crippen molar-refractivity contribution in [2.75, 3.05) is 77.9 Å². The van der Waals surface area contributed by atoms with Crippen molar-refractivity contribution < 1.29 is 24.2 Å². The van der Waals surface area contributed by atoms with Gasteiger partial charge in [-0.25, -0.2) is 0 Å². The molecule has 0 spiro atoms. The van der Waals surface area contributed by atoms with Crippen LogP contribution in [0.15, 0.2) is 114 Å². The summed E-state index contributed by atoms with van der Waals surface area (Å²) in [5.74, 6) is -0.837. The average Bonchev–Trinajstić information content (AvgIpc) is 3.25. The molecule has 2 fully saturated rings. The Bertz CT molecular complexity index is 1920. The van der Waals surface area contributed by atoms with Gasteiger partial charge in [0.15, 0.2) is 11.6 Å². The number of benzene rings is 4. The number of carbonyl (C=O) groups is 2. The predicted molar refractivity (Wildman–Crippen MR) is 232 cm³/mol. The number of carbonyl (C=O) groups excluding carboxylic acids is 2. The van der Waals surface area contributed by atoms with Gasteiger partial charge in [-0.1, -0.05) is 79.7 Å². The molecule has 6 rings (SSSR count). The summed E-state index contributed by atoms with van der Waals surface area (Å²) in [5, 5.41) is 12.8. The largest absolute Gasteiger partial charge is 0.382 e. The van der Waals surface area contributed by atoms with Crippen LogP contribution in [0.5, 0.6) is 0 Å². The van der Waals surface area contributed by atoms with E-state index in [0.29, 0.717) is 57.1 Å². The zero-order chi connectivity index (χ0) is 40.8. The van der Waals surface area contributed by atoms with Gasteiger partial charge in [0, 0.05) is 58.8 Å². The average molecular weight is 792 g/mol. The number of likely N-dealkylation sites (N-methyl/N-ethyl adjacent to an activating group) is 1. The quantitative estimate of drug-likeness (QED) is 0.0909. The van der Waals surface area contributed by atoms with Crippen molar-refractivity contribution in [2.24, 2.45) is 5.92 Å². The minimum atomic E-state index is -1.81. The fourth-order valence-electron chi connectivity index (χ4n) is 9.81. The van der Waals surface area contributed by atoms with E-state index in [0.717, 1.165) is 34.8 Å². The molecule has 4 unspecified atom stereocenters. The van der Waals surface area contributed by atoms with Gasteiger partial charge in [-0.3, -0.25) is 19.4 Å². The number of hydrogen-bond acceptors (Lipinski definition) is 9. The van der Waals surface area contributed by atoms with Crippen LogP contribution in [0.3, 0.4) is 0 Å². The number of nitrogens with zero attached hydrogens (tertiary/aromatic N) is 3. The van der Waals surface area contributed by atoms with Crippen LogP contribution < -0.4 is 4.90 Å². The van der Waals surface area contributed by atoms with Gasteiger partial charge in [0.2, 0.25) is 0 Å². The Labute approximate surface area is 344 Å². The highest BCUT2D eigenvalue weighted by Crippen LogP contribution is 2.56. The number of thioether (sulfide) groups is 1. The van der Waals surface area contributed by atoms with Gasteiger partial charge in [0.05, 0.1) is 32.0 Å². The number of anilines is 1. The second-order valence-corrected chi connectivity index (χ2v) is 17.6. The highest BCUT2D eigenvalue weighted by molar-refractivity contribution is 7.98. The van der Waals surface area contributed by atoms with Gasteiger partial charge < -0.3 is 19.5 Å². The van der Waals surface area contributed by atoms with Crippen LogP contribution in [0.25, 0.3) is 0 Å². The molecule has 9 heteroatoms. The van der Waals surface area contributed by atoms with Gasteiger partial charge in [0.25, 0.3) is 0 Å². The summed E-state index contributed by atoms with van der Waals surface area (Å²) in [6.07, 6.45) is 2.53. The second kappa shape index (κ2) is 18.0. The lowest BCUT2D eigenvalue weighted by molar-refractivity contribution is -0.0961. The van der Waals surface area contributed by atoms with E-state index in [1.54, 1.807) is 30.8 Å². The number of morpholine rings is 2. The van der Waals surface area contributed by atoms with Crippen LogP contribution in [-0.4, -0.2) is 116 Å². The van der Waals surface area contributed by atoms with E-state index >= 15 is 4.79 Å². The van der Waals surface area contributed by atoms with Crippen LogP contribution in [0.2, 0.25) is 0 Å². The van der Waals surface area contributed by atoms with E-state index in [4.69, 9.17) is 9.47 Å². The minimum Gasteiger partial charge on any atom is -0.382 e. The molecule has 4 atom stereocenters.